The molecule has 0 radical (unpaired) electrons. The molecule has 0 aliphatic carbocycles. The largest absolute Gasteiger partial charge is 0.221 e. The van der Waals surface area contributed by atoms with Gasteiger partial charge in [-0.3, -0.25) is 0 Å². The molecule has 3 nitrogen and oxygen atoms in total. The summed E-state index contributed by atoms with van der Waals surface area (Å²) in [5, 5.41) is 10.9. The van der Waals surface area contributed by atoms with E-state index in [9.17, 15) is 0 Å². The quantitative estimate of drug-likeness (QED) is 0.268. The molecular weight excluding hydrogens is 144 g/mol. The van der Waals surface area contributed by atoms with Crippen LogP contribution in [0.3, 0.4) is 0 Å². The summed E-state index contributed by atoms with van der Waals surface area (Å²) >= 11 is 0. The van der Waals surface area contributed by atoms with Crippen LogP contribution in [0.15, 0.2) is 0 Å². The monoisotopic (exact) mass is 150 g/mol. The van der Waals surface area contributed by atoms with Gasteiger partial charge in [0.25, 0.3) is 0 Å². The fraction of sp³-hybridized carbons (Fsp3) is 0.250. The Balaban J connectivity index is 3.54. The highest BCUT2D eigenvalue weighted by Crippen LogP contribution is 1.67. The highest BCUT2D eigenvalue weighted by molar-refractivity contribution is 5.35. The third-order valence-corrected chi connectivity index (χ3v) is 0.585. The van der Waals surface area contributed by atoms with Crippen LogP contribution in [0, 0.1) is 35.5 Å². The molecule has 0 aliphatic rings. The second-order valence-electron chi connectivity index (χ2n) is 1.26. The zero-order valence-electron chi connectivity index (χ0n) is 5.97. The molecule has 3 heteroatoms. The Morgan fingerprint density at radius 3 is 2.55 bits per heavy atom. The van der Waals surface area contributed by atoms with E-state index < -0.39 is 0 Å². The van der Waals surface area contributed by atoms with E-state index in [-0.39, 0.29) is 6.61 Å². The van der Waals surface area contributed by atoms with Gasteiger partial charge in [0.15, 0.2) is 0 Å². The minimum absolute atomic E-state index is 0.0231. The highest BCUT2D eigenvalue weighted by atomic mass is 17.5. The minimum atomic E-state index is -0.0231. The van der Waals surface area contributed by atoms with Gasteiger partial charge in [-0.25, -0.2) is 5.26 Å². The van der Waals surface area contributed by atoms with Crippen molar-refractivity contribution in [1.82, 2.24) is 0 Å². The summed E-state index contributed by atoms with van der Waals surface area (Å²) in [6.07, 6.45) is 0. The van der Waals surface area contributed by atoms with E-state index in [1.54, 1.807) is 6.92 Å². The smallest absolute Gasteiger partial charge is 0.147 e. The van der Waals surface area contributed by atoms with Crippen LogP contribution in [0.1, 0.15) is 6.92 Å². The van der Waals surface area contributed by atoms with Crippen molar-refractivity contribution in [2.75, 3.05) is 6.61 Å². The van der Waals surface area contributed by atoms with Crippen molar-refractivity contribution in [2.24, 2.45) is 0 Å². The van der Waals surface area contributed by atoms with Gasteiger partial charge in [-0.05, 0) is 30.6 Å². The molecular formula is C8H6O3. The molecule has 56 valence electrons. The van der Waals surface area contributed by atoms with Crippen molar-refractivity contribution in [3.8, 4) is 35.5 Å². The molecule has 0 heterocycles. The summed E-state index contributed by atoms with van der Waals surface area (Å²) in [6.45, 7) is 1.66. The van der Waals surface area contributed by atoms with E-state index in [0.29, 0.717) is 0 Å². The topological polar surface area (TPSA) is 38.7 Å². The highest BCUT2D eigenvalue weighted by Gasteiger charge is 1.72. The SMILES string of the molecule is CC#CC#CC#CCOOO. The van der Waals surface area contributed by atoms with E-state index in [1.165, 1.54) is 0 Å². The molecule has 0 atom stereocenters. The van der Waals surface area contributed by atoms with Crippen LogP contribution in [-0.4, -0.2) is 11.9 Å². The molecule has 0 aromatic heterocycles. The van der Waals surface area contributed by atoms with Crippen LogP contribution in [0.5, 0.6) is 0 Å². The Hall–Kier alpha value is -1.44. The fourth-order valence-corrected chi connectivity index (χ4v) is 0.261. The summed E-state index contributed by atoms with van der Waals surface area (Å²) in [5.74, 6) is 14.9. The maximum Gasteiger partial charge on any atom is 0.147 e. The average molecular weight is 150 g/mol. The first kappa shape index (κ1) is 9.56. The molecule has 0 aromatic rings. The molecule has 0 saturated heterocycles. The van der Waals surface area contributed by atoms with Gasteiger partial charge in [0.05, 0.1) is 0 Å². The predicted octanol–water partition coefficient (Wildman–Crippen LogP) is 0.438. The minimum Gasteiger partial charge on any atom is -0.221 e. The lowest BCUT2D eigenvalue weighted by atomic mass is 10.5. The third-order valence-electron chi connectivity index (χ3n) is 0.585. The Morgan fingerprint density at radius 1 is 1.18 bits per heavy atom. The van der Waals surface area contributed by atoms with E-state index in [4.69, 9.17) is 5.26 Å². The van der Waals surface area contributed by atoms with Crippen LogP contribution in [0.4, 0.5) is 0 Å². The van der Waals surface area contributed by atoms with Gasteiger partial charge in [-0.1, -0.05) is 16.9 Å². The van der Waals surface area contributed by atoms with Gasteiger partial charge in [0, 0.05) is 0 Å². The Kier molecular flexibility index (Phi) is 7.44. The van der Waals surface area contributed by atoms with E-state index in [1.807, 2.05) is 0 Å². The average Bonchev–Trinajstić information content (AvgIpc) is 2.03. The van der Waals surface area contributed by atoms with Gasteiger partial charge < -0.3 is 0 Å². The first-order chi connectivity index (χ1) is 5.41. The standard InChI is InChI=1S/C8H6O3/c1-2-3-4-5-6-7-8-10-11-9/h9H,8H2,1H3. The van der Waals surface area contributed by atoms with Crippen molar-refractivity contribution < 1.29 is 15.2 Å². The molecule has 0 spiro atoms. The maximum atomic E-state index is 7.66. The van der Waals surface area contributed by atoms with Crippen LogP contribution >= 0.6 is 0 Å². The van der Waals surface area contributed by atoms with E-state index in [0.717, 1.165) is 0 Å². The Labute approximate surface area is 65.2 Å². The second kappa shape index (κ2) is 8.56. The van der Waals surface area contributed by atoms with E-state index >= 15 is 0 Å². The first-order valence-electron chi connectivity index (χ1n) is 2.74. The third kappa shape index (κ3) is 8.56. The zero-order chi connectivity index (χ0) is 8.36. The van der Waals surface area contributed by atoms with Gasteiger partial charge >= 0.3 is 0 Å². The van der Waals surface area contributed by atoms with Crippen molar-refractivity contribution in [2.45, 2.75) is 6.92 Å². The molecule has 11 heavy (non-hydrogen) atoms. The lowest BCUT2D eigenvalue weighted by Crippen LogP contribution is -1.87. The maximum absolute atomic E-state index is 7.66. The summed E-state index contributed by atoms with van der Waals surface area (Å²) in [5.41, 5.74) is 0. The molecule has 0 aliphatic heterocycles. The zero-order valence-corrected chi connectivity index (χ0v) is 5.97. The van der Waals surface area contributed by atoms with Gasteiger partial charge in [0.1, 0.15) is 6.61 Å². The van der Waals surface area contributed by atoms with Crippen molar-refractivity contribution in [1.29, 1.82) is 0 Å². The van der Waals surface area contributed by atoms with Gasteiger partial charge in [-0.15, -0.1) is 0 Å². The molecule has 0 aromatic carbocycles. The molecule has 0 saturated carbocycles. The van der Waals surface area contributed by atoms with Crippen molar-refractivity contribution in [3.63, 3.8) is 0 Å². The molecule has 0 unspecified atom stereocenters. The number of rotatable bonds is 2. The van der Waals surface area contributed by atoms with Crippen LogP contribution in [0.2, 0.25) is 0 Å². The summed E-state index contributed by atoms with van der Waals surface area (Å²) in [6, 6.07) is 0. The first-order valence-corrected chi connectivity index (χ1v) is 2.74. The van der Waals surface area contributed by atoms with Crippen molar-refractivity contribution in [3.05, 3.63) is 0 Å². The number of hydrogen-bond donors (Lipinski definition) is 1. The number of hydrogen-bond acceptors (Lipinski definition) is 3. The Morgan fingerprint density at radius 2 is 1.91 bits per heavy atom. The van der Waals surface area contributed by atoms with E-state index in [2.05, 4.69) is 45.4 Å². The van der Waals surface area contributed by atoms with Crippen LogP contribution < -0.4 is 0 Å². The second-order valence-corrected chi connectivity index (χ2v) is 1.26. The molecule has 0 amide bonds. The molecule has 0 fully saturated rings. The lowest BCUT2D eigenvalue weighted by molar-refractivity contribution is -0.485. The van der Waals surface area contributed by atoms with Gasteiger partial charge in [0.2, 0.25) is 0 Å². The fourth-order valence-electron chi connectivity index (χ4n) is 0.261. The molecule has 0 rings (SSSR count). The Bertz CT molecular complexity index is 261. The lowest BCUT2D eigenvalue weighted by Gasteiger charge is -1.83. The summed E-state index contributed by atoms with van der Waals surface area (Å²) in [7, 11) is 0. The van der Waals surface area contributed by atoms with Crippen LogP contribution in [0.25, 0.3) is 0 Å². The summed E-state index contributed by atoms with van der Waals surface area (Å²) in [4.78, 5) is 4.02. The normalized spacial score (nSPS) is 6.00. The van der Waals surface area contributed by atoms with Gasteiger partial charge in [-0.2, -0.15) is 4.89 Å². The van der Waals surface area contributed by atoms with Crippen LogP contribution in [-0.2, 0) is 9.93 Å². The molecule has 0 bridgehead atoms. The summed E-state index contributed by atoms with van der Waals surface area (Å²) < 4.78 is 0. The predicted molar refractivity (Wildman–Crippen MR) is 38.7 cm³/mol. The molecule has 1 N–H and O–H groups in total. The van der Waals surface area contributed by atoms with Crippen molar-refractivity contribution >= 4 is 0 Å².